The number of nitrogens with zero attached hydrogens (tertiary/aromatic N) is 5. The third-order valence-electron chi connectivity index (χ3n) is 4.97. The number of aromatic nitrogens is 3. The number of amides is 1. The molecule has 1 aliphatic heterocycles. The van der Waals surface area contributed by atoms with Gasteiger partial charge in [0.15, 0.2) is 5.82 Å². The molecule has 1 saturated heterocycles. The molecule has 4 rings (SSSR count). The first-order chi connectivity index (χ1) is 13.7. The molecule has 6 heteroatoms. The van der Waals surface area contributed by atoms with Crippen LogP contribution >= 0.6 is 0 Å². The summed E-state index contributed by atoms with van der Waals surface area (Å²) >= 11 is 0. The highest BCUT2D eigenvalue weighted by Crippen LogP contribution is 2.18. The van der Waals surface area contributed by atoms with Crippen LogP contribution in [0.3, 0.4) is 0 Å². The van der Waals surface area contributed by atoms with Gasteiger partial charge in [0.1, 0.15) is 5.69 Å². The summed E-state index contributed by atoms with van der Waals surface area (Å²) in [7, 11) is 0. The van der Waals surface area contributed by atoms with Crippen LogP contribution in [0.2, 0.25) is 0 Å². The first kappa shape index (κ1) is 18.1. The van der Waals surface area contributed by atoms with E-state index in [1.165, 1.54) is 5.56 Å². The number of hydrogen-bond donors (Lipinski definition) is 0. The lowest BCUT2D eigenvalue weighted by molar-refractivity contribution is -0.130. The topological polar surface area (TPSA) is 62.2 Å². The van der Waals surface area contributed by atoms with Gasteiger partial charge in [0.2, 0.25) is 5.91 Å². The third-order valence-corrected chi connectivity index (χ3v) is 4.97. The molecule has 1 fully saturated rings. The van der Waals surface area contributed by atoms with E-state index >= 15 is 0 Å². The van der Waals surface area contributed by atoms with E-state index in [0.29, 0.717) is 19.5 Å². The Kier molecular flexibility index (Phi) is 5.28. The van der Waals surface area contributed by atoms with Crippen molar-refractivity contribution in [3.8, 4) is 11.4 Å². The monoisotopic (exact) mass is 373 g/mol. The maximum Gasteiger partial charge on any atom is 0.227 e. The highest BCUT2D eigenvalue weighted by Gasteiger charge is 2.22. The summed E-state index contributed by atoms with van der Waals surface area (Å²) in [4.78, 5) is 21.0. The molecule has 0 spiro atoms. The fourth-order valence-electron chi connectivity index (χ4n) is 3.44. The molecule has 2 aromatic heterocycles. The number of carbonyl (C=O) groups excluding carboxylic acids is 1. The average molecular weight is 373 g/mol. The predicted molar refractivity (Wildman–Crippen MR) is 109 cm³/mol. The van der Waals surface area contributed by atoms with Crippen molar-refractivity contribution in [2.24, 2.45) is 0 Å². The molecule has 1 amide bonds. The van der Waals surface area contributed by atoms with Gasteiger partial charge in [-0.1, -0.05) is 35.9 Å². The van der Waals surface area contributed by atoms with Crippen molar-refractivity contribution in [3.05, 3.63) is 71.9 Å². The van der Waals surface area contributed by atoms with Crippen LogP contribution < -0.4 is 4.90 Å². The van der Waals surface area contributed by atoms with Gasteiger partial charge in [0.05, 0.1) is 12.1 Å². The summed E-state index contributed by atoms with van der Waals surface area (Å²) in [5, 5.41) is 8.67. The molecule has 1 aromatic carbocycles. The van der Waals surface area contributed by atoms with Crippen LogP contribution in [0.4, 0.5) is 5.82 Å². The van der Waals surface area contributed by atoms with Crippen molar-refractivity contribution in [3.63, 3.8) is 0 Å². The lowest BCUT2D eigenvalue weighted by Crippen LogP contribution is -2.49. The van der Waals surface area contributed by atoms with Crippen LogP contribution in [0.15, 0.2) is 60.8 Å². The van der Waals surface area contributed by atoms with E-state index in [1.807, 2.05) is 60.4 Å². The Morgan fingerprint density at radius 2 is 1.79 bits per heavy atom. The fourth-order valence-corrected chi connectivity index (χ4v) is 3.44. The molecule has 0 saturated carbocycles. The summed E-state index contributed by atoms with van der Waals surface area (Å²) in [5.41, 5.74) is 3.83. The molecule has 0 unspecified atom stereocenters. The molecule has 0 atom stereocenters. The number of carbonyl (C=O) groups is 1. The van der Waals surface area contributed by atoms with Gasteiger partial charge < -0.3 is 9.80 Å². The SMILES string of the molecule is Cc1cccc(CC(=O)N2CCN(c3ccc(-c4ccccn4)nn3)CC2)c1. The van der Waals surface area contributed by atoms with Crippen LogP contribution in [0, 0.1) is 6.92 Å². The minimum Gasteiger partial charge on any atom is -0.352 e. The van der Waals surface area contributed by atoms with Crippen molar-refractivity contribution >= 4 is 11.7 Å². The van der Waals surface area contributed by atoms with Crippen LogP contribution in [-0.4, -0.2) is 52.2 Å². The Labute approximate surface area is 164 Å². The minimum absolute atomic E-state index is 0.182. The number of anilines is 1. The molecule has 0 N–H and O–H groups in total. The van der Waals surface area contributed by atoms with E-state index < -0.39 is 0 Å². The molecule has 3 aromatic rings. The molecule has 6 nitrogen and oxygen atoms in total. The Hall–Kier alpha value is -3.28. The van der Waals surface area contributed by atoms with Crippen molar-refractivity contribution in [1.29, 1.82) is 0 Å². The molecule has 0 radical (unpaired) electrons. The van der Waals surface area contributed by atoms with Gasteiger partial charge >= 0.3 is 0 Å². The minimum atomic E-state index is 0.182. The molecule has 28 heavy (non-hydrogen) atoms. The largest absolute Gasteiger partial charge is 0.352 e. The summed E-state index contributed by atoms with van der Waals surface area (Å²) < 4.78 is 0. The fraction of sp³-hybridized carbons (Fsp3) is 0.273. The number of hydrogen-bond acceptors (Lipinski definition) is 5. The molecular formula is C22H23N5O. The Morgan fingerprint density at radius 3 is 2.46 bits per heavy atom. The number of piperazine rings is 1. The molecule has 0 bridgehead atoms. The van der Waals surface area contributed by atoms with Crippen molar-refractivity contribution in [2.75, 3.05) is 31.1 Å². The highest BCUT2D eigenvalue weighted by molar-refractivity contribution is 5.79. The normalized spacial score (nSPS) is 14.2. The highest BCUT2D eigenvalue weighted by atomic mass is 16.2. The van der Waals surface area contributed by atoms with E-state index in [-0.39, 0.29) is 5.91 Å². The van der Waals surface area contributed by atoms with Gasteiger partial charge in [-0.25, -0.2) is 0 Å². The van der Waals surface area contributed by atoms with E-state index in [9.17, 15) is 4.79 Å². The van der Waals surface area contributed by atoms with E-state index in [0.717, 1.165) is 35.9 Å². The zero-order valence-corrected chi connectivity index (χ0v) is 16.0. The lowest BCUT2D eigenvalue weighted by Gasteiger charge is -2.35. The summed E-state index contributed by atoms with van der Waals surface area (Å²) in [6.45, 7) is 4.98. The Bertz CT molecular complexity index is 935. The van der Waals surface area contributed by atoms with Gasteiger partial charge in [-0.3, -0.25) is 9.78 Å². The van der Waals surface area contributed by atoms with Crippen molar-refractivity contribution < 1.29 is 4.79 Å². The predicted octanol–water partition coefficient (Wildman–Crippen LogP) is 2.74. The van der Waals surface area contributed by atoms with Gasteiger partial charge in [-0.05, 0) is 36.8 Å². The maximum atomic E-state index is 12.6. The second-order valence-electron chi connectivity index (χ2n) is 7.03. The second-order valence-corrected chi connectivity index (χ2v) is 7.03. The smallest absolute Gasteiger partial charge is 0.227 e. The Morgan fingerprint density at radius 1 is 0.929 bits per heavy atom. The lowest BCUT2D eigenvalue weighted by atomic mass is 10.1. The van der Waals surface area contributed by atoms with Crippen molar-refractivity contribution in [1.82, 2.24) is 20.1 Å². The zero-order valence-electron chi connectivity index (χ0n) is 16.0. The van der Waals surface area contributed by atoms with Crippen LogP contribution in [0.1, 0.15) is 11.1 Å². The molecule has 142 valence electrons. The third kappa shape index (κ3) is 4.17. The van der Waals surface area contributed by atoms with Crippen LogP contribution in [0.25, 0.3) is 11.4 Å². The average Bonchev–Trinajstić information content (AvgIpc) is 2.75. The van der Waals surface area contributed by atoms with Gasteiger partial charge in [-0.15, -0.1) is 10.2 Å². The molecule has 3 heterocycles. The van der Waals surface area contributed by atoms with Crippen molar-refractivity contribution in [2.45, 2.75) is 13.3 Å². The number of aryl methyl sites for hydroxylation is 1. The van der Waals surface area contributed by atoms with Gasteiger partial charge in [-0.2, -0.15) is 0 Å². The van der Waals surface area contributed by atoms with Gasteiger partial charge in [0.25, 0.3) is 0 Å². The number of pyridine rings is 1. The standard InChI is InChI=1S/C22H23N5O/c1-17-5-4-6-18(15-17)16-22(28)27-13-11-26(12-14-27)21-9-8-20(24-25-21)19-7-2-3-10-23-19/h2-10,15H,11-14,16H2,1H3. The summed E-state index contributed by atoms with van der Waals surface area (Å²) in [6.07, 6.45) is 2.21. The van der Waals surface area contributed by atoms with E-state index in [4.69, 9.17) is 0 Å². The maximum absolute atomic E-state index is 12.6. The van der Waals surface area contributed by atoms with Gasteiger partial charge in [0, 0.05) is 32.4 Å². The molecule has 1 aliphatic rings. The van der Waals surface area contributed by atoms with Crippen LogP contribution in [-0.2, 0) is 11.2 Å². The van der Waals surface area contributed by atoms with Crippen LogP contribution in [0.5, 0.6) is 0 Å². The first-order valence-electron chi connectivity index (χ1n) is 9.52. The number of rotatable bonds is 4. The molecule has 0 aliphatic carbocycles. The second kappa shape index (κ2) is 8.17. The first-order valence-corrected chi connectivity index (χ1v) is 9.52. The summed E-state index contributed by atoms with van der Waals surface area (Å²) in [6, 6.07) is 17.8. The quantitative estimate of drug-likeness (QED) is 0.704. The van der Waals surface area contributed by atoms with E-state index in [2.05, 4.69) is 26.1 Å². The van der Waals surface area contributed by atoms with E-state index in [1.54, 1.807) is 6.20 Å². The number of benzene rings is 1. The molecular weight excluding hydrogens is 350 g/mol. The Balaban J connectivity index is 1.34. The summed E-state index contributed by atoms with van der Waals surface area (Å²) in [5.74, 6) is 1.02. The zero-order chi connectivity index (χ0) is 19.3.